The fourth-order valence-electron chi connectivity index (χ4n) is 3.65. The summed E-state index contributed by atoms with van der Waals surface area (Å²) in [6.07, 6.45) is 4.96. The average Bonchev–Trinajstić information content (AvgIpc) is 2.75. The number of hydrogen-bond acceptors (Lipinski definition) is 4. The predicted octanol–water partition coefficient (Wildman–Crippen LogP) is 3.62. The number of amides is 2. The van der Waals surface area contributed by atoms with E-state index in [4.69, 9.17) is 5.21 Å². The van der Waals surface area contributed by atoms with E-state index < -0.39 is 0 Å². The summed E-state index contributed by atoms with van der Waals surface area (Å²) in [6, 6.07) is 14.7. The lowest BCUT2D eigenvalue weighted by molar-refractivity contribution is -0.131. The van der Waals surface area contributed by atoms with E-state index in [9.17, 15) is 9.59 Å². The van der Waals surface area contributed by atoms with Crippen LogP contribution in [-0.2, 0) is 16.0 Å². The second-order valence-corrected chi connectivity index (χ2v) is 8.02. The van der Waals surface area contributed by atoms with Crippen LogP contribution in [0.25, 0.3) is 10.8 Å². The van der Waals surface area contributed by atoms with E-state index in [0.717, 1.165) is 32.2 Å². The van der Waals surface area contributed by atoms with Gasteiger partial charge in [0.05, 0.1) is 0 Å². The lowest BCUT2D eigenvalue weighted by atomic mass is 10.0. The van der Waals surface area contributed by atoms with Gasteiger partial charge in [0.25, 0.3) is 0 Å². The van der Waals surface area contributed by atoms with Gasteiger partial charge in [0, 0.05) is 25.9 Å². The number of hydroxylamine groups is 1. The normalized spacial score (nSPS) is 11.1. The van der Waals surface area contributed by atoms with Crippen LogP contribution in [-0.4, -0.2) is 60.6 Å². The first-order valence-electron chi connectivity index (χ1n) is 10.8. The summed E-state index contributed by atoms with van der Waals surface area (Å²) in [5.74, 6) is -0.159. The minimum atomic E-state index is -0.359. The van der Waals surface area contributed by atoms with Gasteiger partial charge >= 0.3 is 0 Å². The molecule has 6 nitrogen and oxygen atoms in total. The topological polar surface area (TPSA) is 72.9 Å². The highest BCUT2D eigenvalue weighted by Gasteiger charge is 2.14. The summed E-state index contributed by atoms with van der Waals surface area (Å²) in [4.78, 5) is 28.0. The van der Waals surface area contributed by atoms with Crippen LogP contribution in [0.1, 0.15) is 44.1 Å². The first-order valence-corrected chi connectivity index (χ1v) is 10.8. The molecule has 0 heterocycles. The third kappa shape index (κ3) is 8.13. The quantitative estimate of drug-likeness (QED) is 0.299. The van der Waals surface area contributed by atoms with Gasteiger partial charge in [-0.05, 0) is 62.7 Å². The van der Waals surface area contributed by atoms with Gasteiger partial charge in [-0.2, -0.15) is 0 Å². The number of carbonyl (C=O) groups excluding carboxylic acids is 2. The van der Waals surface area contributed by atoms with E-state index in [1.54, 1.807) is 5.48 Å². The molecule has 2 amide bonds. The molecule has 2 N–H and O–H groups in total. The Labute approximate surface area is 179 Å². The van der Waals surface area contributed by atoms with E-state index in [1.165, 1.54) is 16.3 Å². The van der Waals surface area contributed by atoms with Crippen molar-refractivity contribution >= 4 is 22.6 Å². The van der Waals surface area contributed by atoms with Crippen LogP contribution < -0.4 is 5.48 Å². The highest BCUT2D eigenvalue weighted by Crippen LogP contribution is 2.19. The lowest BCUT2D eigenvalue weighted by Crippen LogP contribution is -2.34. The summed E-state index contributed by atoms with van der Waals surface area (Å²) >= 11 is 0. The molecule has 0 saturated carbocycles. The molecule has 0 unspecified atom stereocenters. The number of benzene rings is 2. The molecule has 0 aliphatic carbocycles. The Morgan fingerprint density at radius 3 is 2.40 bits per heavy atom. The average molecular weight is 414 g/mol. The zero-order chi connectivity index (χ0) is 21.8. The van der Waals surface area contributed by atoms with Gasteiger partial charge < -0.3 is 9.80 Å². The summed E-state index contributed by atoms with van der Waals surface area (Å²) in [5.41, 5.74) is 2.92. The van der Waals surface area contributed by atoms with E-state index >= 15 is 0 Å². The van der Waals surface area contributed by atoms with Crippen LogP contribution in [0.4, 0.5) is 0 Å². The van der Waals surface area contributed by atoms with Crippen molar-refractivity contribution in [1.29, 1.82) is 0 Å². The monoisotopic (exact) mass is 413 g/mol. The molecule has 6 heteroatoms. The third-order valence-electron chi connectivity index (χ3n) is 5.34. The molecule has 2 aromatic carbocycles. The molecule has 0 radical (unpaired) electrons. The molecule has 0 aromatic heterocycles. The number of hydrogen-bond donors (Lipinski definition) is 2. The predicted molar refractivity (Wildman–Crippen MR) is 120 cm³/mol. The molecule has 0 atom stereocenters. The van der Waals surface area contributed by atoms with Crippen molar-refractivity contribution in [2.24, 2.45) is 0 Å². The summed E-state index contributed by atoms with van der Waals surface area (Å²) in [6.45, 7) is 2.30. The molecule has 2 rings (SSSR count). The number of carbonyl (C=O) groups is 2. The van der Waals surface area contributed by atoms with Crippen molar-refractivity contribution in [3.8, 4) is 0 Å². The van der Waals surface area contributed by atoms with Crippen molar-refractivity contribution in [2.75, 3.05) is 33.7 Å². The zero-order valence-electron chi connectivity index (χ0n) is 18.3. The van der Waals surface area contributed by atoms with E-state index in [1.807, 2.05) is 25.1 Å². The molecule has 0 bridgehead atoms. The third-order valence-corrected chi connectivity index (χ3v) is 5.34. The SMILES string of the molecule is CN(C)CCCC(=O)N(CCCCCC(=O)NO)CCc1cccc2ccccc12. The molecule has 0 aliphatic rings. The fraction of sp³-hybridized carbons (Fsp3) is 0.500. The maximum atomic E-state index is 12.8. The van der Waals surface area contributed by atoms with Crippen LogP contribution >= 0.6 is 0 Å². The van der Waals surface area contributed by atoms with Gasteiger partial charge in [-0.3, -0.25) is 14.8 Å². The maximum absolute atomic E-state index is 12.8. The molecule has 164 valence electrons. The van der Waals surface area contributed by atoms with Crippen molar-refractivity contribution in [3.05, 3.63) is 48.0 Å². The Morgan fingerprint density at radius 2 is 1.63 bits per heavy atom. The van der Waals surface area contributed by atoms with Crippen LogP contribution in [0.5, 0.6) is 0 Å². The number of rotatable bonds is 13. The first kappa shape index (κ1) is 23.8. The Kier molecular flexibility index (Phi) is 10.3. The molecular weight excluding hydrogens is 378 g/mol. The van der Waals surface area contributed by atoms with Gasteiger partial charge in [0.2, 0.25) is 11.8 Å². The Morgan fingerprint density at radius 1 is 0.867 bits per heavy atom. The summed E-state index contributed by atoms with van der Waals surface area (Å²) in [7, 11) is 4.04. The smallest absolute Gasteiger partial charge is 0.243 e. The van der Waals surface area contributed by atoms with Crippen LogP contribution in [0.15, 0.2) is 42.5 Å². The molecule has 0 fully saturated rings. The fourth-order valence-corrected chi connectivity index (χ4v) is 3.65. The van der Waals surface area contributed by atoms with Gasteiger partial charge in [0.1, 0.15) is 0 Å². The maximum Gasteiger partial charge on any atom is 0.243 e. The van der Waals surface area contributed by atoms with Crippen LogP contribution in [0.2, 0.25) is 0 Å². The van der Waals surface area contributed by atoms with Gasteiger partial charge in [0.15, 0.2) is 0 Å². The van der Waals surface area contributed by atoms with Crippen molar-refractivity contribution < 1.29 is 14.8 Å². The highest BCUT2D eigenvalue weighted by molar-refractivity contribution is 5.85. The number of nitrogens with one attached hydrogen (secondary N) is 1. The number of fused-ring (bicyclic) bond motifs is 1. The molecule has 0 aliphatic heterocycles. The lowest BCUT2D eigenvalue weighted by Gasteiger charge is -2.24. The van der Waals surface area contributed by atoms with Crippen LogP contribution in [0, 0.1) is 0 Å². The molecule has 2 aromatic rings. The second-order valence-electron chi connectivity index (χ2n) is 8.02. The largest absolute Gasteiger partial charge is 0.342 e. The van der Waals surface area contributed by atoms with Crippen molar-refractivity contribution in [2.45, 2.75) is 44.9 Å². The summed E-state index contributed by atoms with van der Waals surface area (Å²) < 4.78 is 0. The Balaban J connectivity index is 1.93. The van der Waals surface area contributed by atoms with Crippen molar-refractivity contribution in [1.82, 2.24) is 15.3 Å². The molecule has 0 spiro atoms. The van der Waals surface area contributed by atoms with Gasteiger partial charge in [-0.15, -0.1) is 0 Å². The number of nitrogens with zero attached hydrogens (tertiary/aromatic N) is 2. The standard InChI is InChI=1S/C24H35N3O3/c1-26(2)17-9-15-24(29)27(18-7-3-4-14-23(28)25-30)19-16-21-12-8-11-20-10-5-6-13-22(20)21/h5-6,8,10-13,30H,3-4,7,9,14-19H2,1-2H3,(H,25,28). The minimum absolute atomic E-state index is 0.199. The van der Waals surface area contributed by atoms with E-state index in [0.29, 0.717) is 32.4 Å². The van der Waals surface area contributed by atoms with Gasteiger partial charge in [-0.25, -0.2) is 5.48 Å². The van der Waals surface area contributed by atoms with Crippen molar-refractivity contribution in [3.63, 3.8) is 0 Å². The van der Waals surface area contributed by atoms with Gasteiger partial charge in [-0.1, -0.05) is 48.9 Å². The first-order chi connectivity index (χ1) is 14.5. The minimum Gasteiger partial charge on any atom is -0.342 e. The molecule has 0 saturated heterocycles. The highest BCUT2D eigenvalue weighted by atomic mass is 16.5. The van der Waals surface area contributed by atoms with E-state index in [2.05, 4.69) is 41.3 Å². The van der Waals surface area contributed by atoms with E-state index in [-0.39, 0.29) is 11.8 Å². The number of unbranched alkanes of at least 4 members (excludes halogenated alkanes) is 2. The second kappa shape index (κ2) is 13.0. The Hall–Kier alpha value is -2.44. The summed E-state index contributed by atoms with van der Waals surface area (Å²) in [5, 5.41) is 11.0. The molecule has 30 heavy (non-hydrogen) atoms. The Bertz CT molecular complexity index is 802. The van der Waals surface area contributed by atoms with Crippen LogP contribution in [0.3, 0.4) is 0 Å². The zero-order valence-corrected chi connectivity index (χ0v) is 18.3. The molecular formula is C24H35N3O3.